The Hall–Kier alpha value is -1.58. The third-order valence-corrected chi connectivity index (χ3v) is 4.27. The summed E-state index contributed by atoms with van der Waals surface area (Å²) in [5, 5.41) is 19.3. The number of benzene rings is 1. The summed E-state index contributed by atoms with van der Waals surface area (Å²) >= 11 is 0. The smallest absolute Gasteiger partial charge is 0.304 e. The average molecular weight is 306 g/mol. The van der Waals surface area contributed by atoms with Gasteiger partial charge in [-0.05, 0) is 26.3 Å². The fourth-order valence-electron chi connectivity index (χ4n) is 1.56. The molecule has 0 saturated heterocycles. The van der Waals surface area contributed by atoms with Gasteiger partial charge in [0.05, 0.1) is 9.82 Å². The number of hydrogen-bond donors (Lipinski definition) is 2. The molecule has 0 fully saturated rings. The van der Waals surface area contributed by atoms with Crippen molar-refractivity contribution < 1.29 is 22.8 Å². The zero-order chi connectivity index (χ0) is 15.6. The molecular formula is C11H15FN2O5S. The highest BCUT2D eigenvalue weighted by Gasteiger charge is 2.27. The molecule has 0 heterocycles. The van der Waals surface area contributed by atoms with Crippen LogP contribution in [-0.4, -0.2) is 30.6 Å². The molecule has 1 aromatic carbocycles. The highest BCUT2D eigenvalue weighted by molar-refractivity contribution is 7.89. The van der Waals surface area contributed by atoms with Gasteiger partial charge in [0.1, 0.15) is 0 Å². The molecule has 0 unspecified atom stereocenters. The average Bonchev–Trinajstić information content (AvgIpc) is 2.26. The lowest BCUT2D eigenvalue weighted by molar-refractivity contribution is -0.387. The van der Waals surface area contributed by atoms with E-state index in [1.54, 1.807) is 13.8 Å². The predicted molar refractivity (Wildman–Crippen MR) is 69.2 cm³/mol. The number of aliphatic hydroxyl groups excluding tert-OH is 1. The van der Waals surface area contributed by atoms with Crippen molar-refractivity contribution in [2.75, 3.05) is 6.61 Å². The maximum atomic E-state index is 13.4. The molecule has 20 heavy (non-hydrogen) atoms. The summed E-state index contributed by atoms with van der Waals surface area (Å²) in [6.45, 7) is 2.90. The maximum absolute atomic E-state index is 13.4. The number of nitrogens with zero attached hydrogens (tertiary/aromatic N) is 1. The van der Waals surface area contributed by atoms with E-state index < -0.39 is 36.9 Å². The Morgan fingerprint density at radius 1 is 1.45 bits per heavy atom. The fraction of sp³-hybridized carbons (Fsp3) is 0.455. The first-order valence-corrected chi connectivity index (χ1v) is 7.16. The van der Waals surface area contributed by atoms with Crippen LogP contribution < -0.4 is 4.72 Å². The van der Waals surface area contributed by atoms with Crippen LogP contribution in [0.3, 0.4) is 0 Å². The quantitative estimate of drug-likeness (QED) is 0.605. The van der Waals surface area contributed by atoms with Crippen LogP contribution >= 0.6 is 0 Å². The summed E-state index contributed by atoms with van der Waals surface area (Å²) in [5.74, 6) is -1.22. The van der Waals surface area contributed by atoms with Gasteiger partial charge in [-0.15, -0.1) is 0 Å². The number of nitrogens with one attached hydrogen (secondary N) is 1. The van der Waals surface area contributed by atoms with Crippen LogP contribution in [0.1, 0.15) is 20.3 Å². The number of nitro groups is 1. The zero-order valence-corrected chi connectivity index (χ0v) is 11.8. The monoisotopic (exact) mass is 306 g/mol. The van der Waals surface area contributed by atoms with Gasteiger partial charge in [-0.1, -0.05) is 0 Å². The lowest BCUT2D eigenvalue weighted by Crippen LogP contribution is -2.43. The normalized spacial score (nSPS) is 12.4. The number of sulfonamides is 1. The molecule has 9 heteroatoms. The third-order valence-electron chi connectivity index (χ3n) is 2.57. The summed E-state index contributed by atoms with van der Waals surface area (Å²) in [4.78, 5) is 9.12. The van der Waals surface area contributed by atoms with Crippen molar-refractivity contribution in [2.24, 2.45) is 0 Å². The first-order chi connectivity index (χ1) is 9.09. The van der Waals surface area contributed by atoms with Crippen molar-refractivity contribution in [2.45, 2.75) is 30.7 Å². The van der Waals surface area contributed by atoms with E-state index >= 15 is 0 Å². The lowest BCUT2D eigenvalue weighted by Gasteiger charge is -2.24. The van der Waals surface area contributed by atoms with Crippen LogP contribution in [0.25, 0.3) is 0 Å². The minimum atomic E-state index is -4.03. The maximum Gasteiger partial charge on any atom is 0.304 e. The molecule has 1 aromatic rings. The number of nitro benzene ring substituents is 1. The Morgan fingerprint density at radius 2 is 2.05 bits per heavy atom. The zero-order valence-electron chi connectivity index (χ0n) is 11.0. The molecule has 0 bridgehead atoms. The van der Waals surface area contributed by atoms with Gasteiger partial charge in [-0.2, -0.15) is 4.39 Å². The molecule has 0 aliphatic carbocycles. The van der Waals surface area contributed by atoms with E-state index in [0.29, 0.717) is 6.07 Å². The van der Waals surface area contributed by atoms with E-state index in [0.717, 1.165) is 12.1 Å². The molecule has 0 aliphatic heterocycles. The molecule has 0 radical (unpaired) electrons. The molecule has 1 rings (SSSR count). The minimum Gasteiger partial charge on any atom is -0.396 e. The summed E-state index contributed by atoms with van der Waals surface area (Å²) in [5.41, 5.74) is -1.72. The standard InChI is InChI=1S/C11H15FN2O5S/c1-11(2,5-6-15)13-20(18,19)8-3-4-10(14(16)17)9(12)7-8/h3-4,7,13,15H,5-6H2,1-2H3. The van der Waals surface area contributed by atoms with E-state index in [1.165, 1.54) is 0 Å². The number of rotatable bonds is 6. The van der Waals surface area contributed by atoms with Crippen molar-refractivity contribution in [3.63, 3.8) is 0 Å². The van der Waals surface area contributed by atoms with Gasteiger partial charge < -0.3 is 5.11 Å². The molecular weight excluding hydrogens is 291 g/mol. The molecule has 0 amide bonds. The van der Waals surface area contributed by atoms with Gasteiger partial charge in [0.2, 0.25) is 15.8 Å². The Labute approximate surface area is 115 Å². The fourth-order valence-corrected chi connectivity index (χ4v) is 3.01. The van der Waals surface area contributed by atoms with Crippen molar-refractivity contribution in [3.05, 3.63) is 34.1 Å². The molecule has 0 saturated carbocycles. The van der Waals surface area contributed by atoms with Gasteiger partial charge >= 0.3 is 5.69 Å². The number of hydrogen-bond acceptors (Lipinski definition) is 5. The summed E-state index contributed by atoms with van der Waals surface area (Å²) in [7, 11) is -4.03. The first-order valence-electron chi connectivity index (χ1n) is 5.68. The Bertz CT molecular complexity index is 615. The van der Waals surface area contributed by atoms with E-state index in [9.17, 15) is 22.9 Å². The predicted octanol–water partition coefficient (Wildman–Crippen LogP) is 1.17. The van der Waals surface area contributed by atoms with Gasteiger partial charge in [0.15, 0.2) is 0 Å². The summed E-state index contributed by atoms with van der Waals surface area (Å²) < 4.78 is 39.8. The van der Waals surface area contributed by atoms with Crippen molar-refractivity contribution >= 4 is 15.7 Å². The third kappa shape index (κ3) is 3.95. The van der Waals surface area contributed by atoms with Crippen LogP contribution in [0, 0.1) is 15.9 Å². The van der Waals surface area contributed by atoms with Gasteiger partial charge in [-0.3, -0.25) is 10.1 Å². The second-order valence-electron chi connectivity index (χ2n) is 4.83. The Balaban J connectivity index is 3.11. The summed E-state index contributed by atoms with van der Waals surface area (Å²) in [6, 6.07) is 2.34. The van der Waals surface area contributed by atoms with E-state index in [4.69, 9.17) is 5.11 Å². The number of halogens is 1. The van der Waals surface area contributed by atoms with Gasteiger partial charge in [0, 0.05) is 24.3 Å². The van der Waals surface area contributed by atoms with Crippen molar-refractivity contribution in [1.29, 1.82) is 0 Å². The Kier molecular flexibility index (Phi) is 4.79. The van der Waals surface area contributed by atoms with Crippen molar-refractivity contribution in [3.8, 4) is 0 Å². The SMILES string of the molecule is CC(C)(CCO)NS(=O)(=O)c1ccc([N+](=O)[O-])c(F)c1. The number of aliphatic hydroxyl groups is 1. The molecule has 0 spiro atoms. The van der Waals surface area contributed by atoms with Gasteiger partial charge in [0.25, 0.3) is 0 Å². The molecule has 0 aliphatic rings. The van der Waals surface area contributed by atoms with Gasteiger partial charge in [-0.25, -0.2) is 13.1 Å². The van der Waals surface area contributed by atoms with Crippen LogP contribution in [-0.2, 0) is 10.0 Å². The largest absolute Gasteiger partial charge is 0.396 e. The minimum absolute atomic E-state index is 0.168. The lowest BCUT2D eigenvalue weighted by atomic mass is 10.0. The van der Waals surface area contributed by atoms with E-state index in [-0.39, 0.29) is 13.0 Å². The van der Waals surface area contributed by atoms with Crippen LogP contribution in [0.2, 0.25) is 0 Å². The molecule has 112 valence electrons. The van der Waals surface area contributed by atoms with Crippen molar-refractivity contribution in [1.82, 2.24) is 4.72 Å². The molecule has 0 aromatic heterocycles. The van der Waals surface area contributed by atoms with Crippen LogP contribution in [0.15, 0.2) is 23.1 Å². The highest BCUT2D eigenvalue weighted by atomic mass is 32.2. The molecule has 0 atom stereocenters. The van der Waals surface area contributed by atoms with E-state index in [2.05, 4.69) is 4.72 Å². The topological polar surface area (TPSA) is 110 Å². The van der Waals surface area contributed by atoms with Crippen LogP contribution in [0.5, 0.6) is 0 Å². The van der Waals surface area contributed by atoms with E-state index in [1.807, 2.05) is 0 Å². The Morgan fingerprint density at radius 3 is 2.50 bits per heavy atom. The highest BCUT2D eigenvalue weighted by Crippen LogP contribution is 2.22. The van der Waals surface area contributed by atoms with Crippen LogP contribution in [0.4, 0.5) is 10.1 Å². The summed E-state index contributed by atoms with van der Waals surface area (Å²) in [6.07, 6.45) is 0.168. The second-order valence-corrected chi connectivity index (χ2v) is 6.52. The first kappa shape index (κ1) is 16.5. The molecule has 2 N–H and O–H groups in total. The molecule has 7 nitrogen and oxygen atoms in total. The second kappa shape index (κ2) is 5.81.